The quantitative estimate of drug-likeness (QED) is 0.736. The summed E-state index contributed by atoms with van der Waals surface area (Å²) in [5, 5.41) is 9.58. The summed E-state index contributed by atoms with van der Waals surface area (Å²) in [6, 6.07) is 3.67. The van der Waals surface area contributed by atoms with Gasteiger partial charge in [-0.05, 0) is 34.7 Å². The molecular weight excluding hydrogens is 271 g/mol. The van der Waals surface area contributed by atoms with Gasteiger partial charge in [0, 0.05) is 0 Å². The van der Waals surface area contributed by atoms with Crippen molar-refractivity contribution in [2.75, 3.05) is 6.79 Å². The largest absolute Gasteiger partial charge is 0.506 e. The molecule has 1 aromatic rings. The summed E-state index contributed by atoms with van der Waals surface area (Å²) < 4.78 is 11.0. The Morgan fingerprint density at radius 3 is 3.08 bits per heavy atom. The Morgan fingerprint density at radius 2 is 2.25 bits per heavy atom. The Hall–Kier alpha value is -0.490. The highest BCUT2D eigenvalue weighted by molar-refractivity contribution is 14.1. The van der Waals surface area contributed by atoms with Crippen molar-refractivity contribution in [3.05, 3.63) is 21.3 Å². The Morgan fingerprint density at radius 1 is 1.42 bits per heavy atom. The maximum Gasteiger partial charge on any atom is 0.189 e. The number of rotatable bonds is 0. The van der Waals surface area contributed by atoms with Gasteiger partial charge in [-0.3, -0.25) is 0 Å². The number of hydrogen-bond acceptors (Lipinski definition) is 3. The molecule has 0 bridgehead atoms. The molecule has 1 aromatic carbocycles. The van der Waals surface area contributed by atoms with Crippen molar-refractivity contribution in [1.29, 1.82) is 0 Å². The molecule has 1 aliphatic heterocycles. The fourth-order valence-electron chi connectivity index (χ4n) is 1.11. The van der Waals surface area contributed by atoms with Crippen LogP contribution in [0, 0.1) is 3.57 Å². The predicted molar refractivity (Wildman–Crippen MR) is 51.1 cm³/mol. The number of ether oxygens (including phenoxy) is 2. The summed E-state index contributed by atoms with van der Waals surface area (Å²) in [4.78, 5) is 0. The molecule has 0 atom stereocenters. The molecule has 0 amide bonds. The summed E-state index contributed by atoms with van der Waals surface area (Å²) in [5.74, 6) is 0.993. The summed E-state index contributed by atoms with van der Waals surface area (Å²) in [7, 11) is 0. The van der Waals surface area contributed by atoms with Crippen LogP contribution in [0.5, 0.6) is 11.5 Å². The van der Waals surface area contributed by atoms with E-state index in [1.807, 2.05) is 12.1 Å². The molecule has 4 heteroatoms. The Balaban J connectivity index is 2.54. The number of benzene rings is 1. The van der Waals surface area contributed by atoms with Gasteiger partial charge in [-0.15, -0.1) is 0 Å². The molecule has 0 fully saturated rings. The van der Waals surface area contributed by atoms with E-state index in [-0.39, 0.29) is 12.5 Å². The molecule has 0 saturated carbocycles. The first-order chi connectivity index (χ1) is 5.79. The second kappa shape index (κ2) is 3.10. The molecule has 0 unspecified atom stereocenters. The summed E-state index contributed by atoms with van der Waals surface area (Å²) in [5.41, 5.74) is 0.744. The molecule has 2 rings (SSSR count). The minimum absolute atomic E-state index is 0.271. The zero-order chi connectivity index (χ0) is 8.55. The van der Waals surface area contributed by atoms with E-state index >= 15 is 0 Å². The van der Waals surface area contributed by atoms with Crippen molar-refractivity contribution in [3.63, 3.8) is 0 Å². The monoisotopic (exact) mass is 278 g/mol. The number of fused-ring (bicyclic) bond motifs is 1. The molecule has 12 heavy (non-hydrogen) atoms. The van der Waals surface area contributed by atoms with Gasteiger partial charge >= 0.3 is 0 Å². The molecule has 0 radical (unpaired) electrons. The molecule has 1 aliphatic rings. The molecule has 0 spiro atoms. The van der Waals surface area contributed by atoms with Crippen LogP contribution in [0.4, 0.5) is 0 Å². The first-order valence-electron chi connectivity index (χ1n) is 3.50. The number of phenolic OH excluding ortho intramolecular Hbond substituents is 1. The molecule has 1 N–H and O–H groups in total. The first-order valence-corrected chi connectivity index (χ1v) is 4.58. The van der Waals surface area contributed by atoms with Gasteiger partial charge in [0.05, 0.1) is 15.7 Å². The SMILES string of the molecule is Oc1c(I)ccc2c1COCO2. The third kappa shape index (κ3) is 1.25. The van der Waals surface area contributed by atoms with Crippen LogP contribution in [0.25, 0.3) is 0 Å². The highest BCUT2D eigenvalue weighted by Crippen LogP contribution is 2.34. The Labute approximate surface area is 83.4 Å². The summed E-state index contributed by atoms with van der Waals surface area (Å²) >= 11 is 2.07. The topological polar surface area (TPSA) is 38.7 Å². The van der Waals surface area contributed by atoms with Crippen molar-refractivity contribution < 1.29 is 14.6 Å². The van der Waals surface area contributed by atoms with E-state index in [1.54, 1.807) is 0 Å². The smallest absolute Gasteiger partial charge is 0.189 e. The van der Waals surface area contributed by atoms with Gasteiger partial charge in [-0.1, -0.05) is 0 Å². The molecule has 0 saturated heterocycles. The zero-order valence-electron chi connectivity index (χ0n) is 6.21. The van der Waals surface area contributed by atoms with Gasteiger partial charge in [0.2, 0.25) is 0 Å². The van der Waals surface area contributed by atoms with Crippen LogP contribution in [-0.4, -0.2) is 11.9 Å². The van der Waals surface area contributed by atoms with Crippen molar-refractivity contribution in [2.24, 2.45) is 0 Å². The standard InChI is InChI=1S/C8H7IO3/c9-6-1-2-7-5(8(6)10)3-11-4-12-7/h1-2,10H,3-4H2. The van der Waals surface area contributed by atoms with Crippen LogP contribution in [0.2, 0.25) is 0 Å². The minimum atomic E-state index is 0.271. The second-order valence-corrected chi connectivity index (χ2v) is 3.65. The predicted octanol–water partition coefficient (Wildman–Crippen LogP) is 1.86. The zero-order valence-corrected chi connectivity index (χ0v) is 8.37. The van der Waals surface area contributed by atoms with E-state index in [0.29, 0.717) is 6.61 Å². The summed E-state index contributed by atoms with van der Waals surface area (Å²) in [6.45, 7) is 0.699. The van der Waals surface area contributed by atoms with E-state index in [2.05, 4.69) is 22.6 Å². The summed E-state index contributed by atoms with van der Waals surface area (Å²) in [6.07, 6.45) is 0. The second-order valence-electron chi connectivity index (χ2n) is 2.48. The molecule has 0 aliphatic carbocycles. The van der Waals surface area contributed by atoms with Crippen LogP contribution in [0.1, 0.15) is 5.56 Å². The third-order valence-electron chi connectivity index (χ3n) is 1.73. The Bertz CT molecular complexity index is 311. The van der Waals surface area contributed by atoms with Crippen molar-refractivity contribution >= 4 is 22.6 Å². The maximum absolute atomic E-state index is 9.58. The number of aromatic hydroxyl groups is 1. The Kier molecular flexibility index (Phi) is 2.10. The fourth-order valence-corrected chi connectivity index (χ4v) is 1.62. The van der Waals surface area contributed by atoms with Crippen molar-refractivity contribution in [2.45, 2.75) is 6.61 Å². The van der Waals surface area contributed by atoms with Crippen LogP contribution < -0.4 is 4.74 Å². The van der Waals surface area contributed by atoms with Gasteiger partial charge in [0.15, 0.2) is 6.79 Å². The molecule has 3 nitrogen and oxygen atoms in total. The maximum atomic E-state index is 9.58. The lowest BCUT2D eigenvalue weighted by Crippen LogP contribution is -2.11. The highest BCUT2D eigenvalue weighted by Gasteiger charge is 2.16. The molecule has 64 valence electrons. The average Bonchev–Trinajstić information content (AvgIpc) is 2.12. The van der Waals surface area contributed by atoms with Crippen molar-refractivity contribution in [3.8, 4) is 11.5 Å². The van der Waals surface area contributed by atoms with E-state index in [9.17, 15) is 5.11 Å². The van der Waals surface area contributed by atoms with Gasteiger partial charge < -0.3 is 14.6 Å². The molecular formula is C8H7IO3. The van der Waals surface area contributed by atoms with E-state index in [1.165, 1.54) is 0 Å². The normalized spacial score (nSPS) is 15.1. The van der Waals surface area contributed by atoms with Gasteiger partial charge in [-0.25, -0.2) is 0 Å². The highest BCUT2D eigenvalue weighted by atomic mass is 127. The van der Waals surface area contributed by atoms with Crippen LogP contribution in [0.3, 0.4) is 0 Å². The average molecular weight is 278 g/mol. The lowest BCUT2D eigenvalue weighted by atomic mass is 10.2. The lowest BCUT2D eigenvalue weighted by Gasteiger charge is -2.18. The van der Waals surface area contributed by atoms with E-state index < -0.39 is 0 Å². The van der Waals surface area contributed by atoms with E-state index in [0.717, 1.165) is 14.9 Å². The van der Waals surface area contributed by atoms with Gasteiger partial charge in [0.1, 0.15) is 11.5 Å². The third-order valence-corrected chi connectivity index (χ3v) is 2.61. The van der Waals surface area contributed by atoms with Gasteiger partial charge in [-0.2, -0.15) is 0 Å². The van der Waals surface area contributed by atoms with Gasteiger partial charge in [0.25, 0.3) is 0 Å². The van der Waals surface area contributed by atoms with Crippen LogP contribution >= 0.6 is 22.6 Å². The number of halogens is 1. The first kappa shape index (κ1) is 8.12. The van der Waals surface area contributed by atoms with Crippen LogP contribution in [-0.2, 0) is 11.3 Å². The van der Waals surface area contributed by atoms with Crippen molar-refractivity contribution in [1.82, 2.24) is 0 Å². The van der Waals surface area contributed by atoms with E-state index in [4.69, 9.17) is 9.47 Å². The van der Waals surface area contributed by atoms with Crippen LogP contribution in [0.15, 0.2) is 12.1 Å². The number of hydrogen-bond donors (Lipinski definition) is 1. The minimum Gasteiger partial charge on any atom is -0.506 e. The molecule has 1 heterocycles. The lowest BCUT2D eigenvalue weighted by molar-refractivity contribution is -0.0175. The fraction of sp³-hybridized carbons (Fsp3) is 0.250. The number of phenols is 1. The molecule has 0 aromatic heterocycles.